The minimum atomic E-state index is -1.09. The number of pyridine rings is 1. The zero-order chi connectivity index (χ0) is 20.2. The molecule has 0 unspecified atom stereocenters. The number of rotatable bonds is 5. The van der Waals surface area contributed by atoms with Gasteiger partial charge >= 0.3 is 0 Å². The van der Waals surface area contributed by atoms with Crippen molar-refractivity contribution >= 4 is 40.6 Å². The highest BCUT2D eigenvalue weighted by Gasteiger charge is 2.25. The van der Waals surface area contributed by atoms with E-state index in [1.54, 1.807) is 11.1 Å². The smallest absolute Gasteiger partial charge is 0.257 e. The summed E-state index contributed by atoms with van der Waals surface area (Å²) in [5, 5.41) is 5.85. The Morgan fingerprint density at radius 2 is 1.87 bits per heavy atom. The fourth-order valence-electron chi connectivity index (χ4n) is 3.21. The maximum atomic E-state index is 13.9. The summed E-state index contributed by atoms with van der Waals surface area (Å²) in [6.45, 7) is 2.81. The van der Waals surface area contributed by atoms with Crippen molar-refractivity contribution in [3.8, 4) is 0 Å². The van der Waals surface area contributed by atoms with Gasteiger partial charge in [-0.1, -0.05) is 12.1 Å². The van der Waals surface area contributed by atoms with Gasteiger partial charge in [0.05, 0.1) is 11.3 Å². The van der Waals surface area contributed by atoms with Crippen LogP contribution in [0.25, 0.3) is 0 Å². The second kappa shape index (κ2) is 9.92. The molecule has 1 N–H and O–H groups in total. The summed E-state index contributed by atoms with van der Waals surface area (Å²) in [7, 11) is 0. The molecule has 2 aromatic heterocycles. The second-order valence-electron chi connectivity index (χ2n) is 6.65. The third-order valence-electron chi connectivity index (χ3n) is 4.70. The van der Waals surface area contributed by atoms with Crippen LogP contribution < -0.4 is 5.32 Å². The molecule has 4 rings (SSSR count). The van der Waals surface area contributed by atoms with Crippen molar-refractivity contribution in [3.05, 3.63) is 70.9 Å². The lowest BCUT2D eigenvalue weighted by atomic mass is 10.1. The van der Waals surface area contributed by atoms with E-state index in [-0.39, 0.29) is 18.0 Å². The molecule has 1 aliphatic rings. The van der Waals surface area contributed by atoms with Gasteiger partial charge in [0.2, 0.25) is 0 Å². The molecule has 0 atom stereocenters. The quantitative estimate of drug-likeness (QED) is 0.636. The SMILES string of the molecule is Cl.O=C(c1cccc(F)c1F)N1CCN(Cc2cccc(Nc3nccs3)n2)CC1. The molecular formula is C20H20ClF2N5OS. The maximum absolute atomic E-state index is 13.9. The van der Waals surface area contributed by atoms with Crippen LogP contribution >= 0.6 is 23.7 Å². The van der Waals surface area contributed by atoms with E-state index in [9.17, 15) is 13.6 Å². The van der Waals surface area contributed by atoms with E-state index in [1.807, 2.05) is 23.6 Å². The summed E-state index contributed by atoms with van der Waals surface area (Å²) in [6, 6.07) is 9.44. The maximum Gasteiger partial charge on any atom is 0.257 e. The lowest BCUT2D eigenvalue weighted by Gasteiger charge is -2.34. The Hall–Kier alpha value is -2.62. The zero-order valence-electron chi connectivity index (χ0n) is 15.9. The molecule has 10 heteroatoms. The monoisotopic (exact) mass is 451 g/mol. The molecule has 3 aromatic rings. The lowest BCUT2D eigenvalue weighted by molar-refractivity contribution is 0.0621. The average molecular weight is 452 g/mol. The second-order valence-corrected chi connectivity index (χ2v) is 7.54. The van der Waals surface area contributed by atoms with E-state index >= 15 is 0 Å². The minimum absolute atomic E-state index is 0. The van der Waals surface area contributed by atoms with Crippen molar-refractivity contribution in [3.63, 3.8) is 0 Å². The van der Waals surface area contributed by atoms with Crippen molar-refractivity contribution in [1.82, 2.24) is 19.8 Å². The van der Waals surface area contributed by atoms with Crippen LogP contribution in [0.15, 0.2) is 48.0 Å². The number of nitrogens with one attached hydrogen (secondary N) is 1. The number of thiazole rings is 1. The minimum Gasteiger partial charge on any atom is -0.336 e. The van der Waals surface area contributed by atoms with Gasteiger partial charge in [-0.2, -0.15) is 0 Å². The molecule has 0 saturated carbocycles. The van der Waals surface area contributed by atoms with Gasteiger partial charge in [0, 0.05) is 44.3 Å². The molecule has 0 radical (unpaired) electrons. The molecule has 0 aliphatic carbocycles. The normalized spacial score (nSPS) is 14.3. The van der Waals surface area contributed by atoms with Crippen LogP contribution in [0, 0.1) is 11.6 Å². The van der Waals surface area contributed by atoms with Crippen LogP contribution in [0.1, 0.15) is 16.1 Å². The Bertz CT molecular complexity index is 997. The first-order valence-electron chi connectivity index (χ1n) is 9.18. The van der Waals surface area contributed by atoms with Crippen molar-refractivity contribution in [1.29, 1.82) is 0 Å². The van der Waals surface area contributed by atoms with E-state index in [0.717, 1.165) is 22.7 Å². The Morgan fingerprint density at radius 1 is 1.10 bits per heavy atom. The van der Waals surface area contributed by atoms with Gasteiger partial charge in [0.15, 0.2) is 16.8 Å². The molecule has 1 saturated heterocycles. The number of halogens is 3. The first-order chi connectivity index (χ1) is 14.1. The van der Waals surface area contributed by atoms with Crippen LogP contribution in [-0.2, 0) is 6.54 Å². The predicted octanol–water partition coefficient (Wildman–Crippen LogP) is 3.94. The summed E-state index contributed by atoms with van der Waals surface area (Å²) >= 11 is 1.50. The Balaban J connectivity index is 0.00000256. The number of hydrogen-bond acceptors (Lipinski definition) is 6. The summed E-state index contributed by atoms with van der Waals surface area (Å²) in [5.41, 5.74) is 0.684. The fourth-order valence-corrected chi connectivity index (χ4v) is 3.75. The van der Waals surface area contributed by atoms with E-state index in [2.05, 4.69) is 20.2 Å². The highest BCUT2D eigenvalue weighted by atomic mass is 35.5. The molecule has 30 heavy (non-hydrogen) atoms. The first-order valence-corrected chi connectivity index (χ1v) is 10.1. The number of piperazine rings is 1. The van der Waals surface area contributed by atoms with Crippen LogP contribution in [0.5, 0.6) is 0 Å². The van der Waals surface area contributed by atoms with Gasteiger partial charge in [0.1, 0.15) is 5.82 Å². The number of carbonyl (C=O) groups is 1. The third kappa shape index (κ3) is 5.10. The largest absolute Gasteiger partial charge is 0.336 e. The zero-order valence-corrected chi connectivity index (χ0v) is 17.6. The summed E-state index contributed by atoms with van der Waals surface area (Å²) in [5.74, 6) is -1.84. The van der Waals surface area contributed by atoms with E-state index in [1.165, 1.54) is 23.5 Å². The van der Waals surface area contributed by atoms with Gasteiger partial charge in [0.25, 0.3) is 5.91 Å². The third-order valence-corrected chi connectivity index (χ3v) is 5.39. The highest BCUT2D eigenvalue weighted by molar-refractivity contribution is 7.13. The summed E-state index contributed by atoms with van der Waals surface area (Å²) in [4.78, 5) is 25.0. The molecule has 1 aromatic carbocycles. The molecule has 3 heterocycles. The van der Waals surface area contributed by atoms with Crippen molar-refractivity contribution < 1.29 is 13.6 Å². The molecule has 1 amide bonds. The lowest BCUT2D eigenvalue weighted by Crippen LogP contribution is -2.48. The van der Waals surface area contributed by atoms with Crippen LogP contribution in [0.2, 0.25) is 0 Å². The summed E-state index contributed by atoms with van der Waals surface area (Å²) < 4.78 is 27.3. The van der Waals surface area contributed by atoms with Crippen LogP contribution in [0.4, 0.5) is 19.7 Å². The van der Waals surface area contributed by atoms with Crippen LogP contribution in [-0.4, -0.2) is 51.9 Å². The Kier molecular flexibility index (Phi) is 7.30. The van der Waals surface area contributed by atoms with Gasteiger partial charge in [-0.25, -0.2) is 18.7 Å². The number of aromatic nitrogens is 2. The fraction of sp³-hybridized carbons (Fsp3) is 0.250. The van der Waals surface area contributed by atoms with E-state index in [0.29, 0.717) is 32.7 Å². The topological polar surface area (TPSA) is 61.4 Å². The number of amides is 1. The standard InChI is InChI=1S/C20H19F2N5OS.ClH/c21-16-5-2-4-15(18(16)22)19(28)27-10-8-26(9-11-27)13-14-3-1-6-17(24-14)25-20-23-7-12-29-20;/h1-7,12H,8-11,13H2,(H,23,24,25);1H. The van der Waals surface area contributed by atoms with Crippen LogP contribution in [0.3, 0.4) is 0 Å². The number of carbonyl (C=O) groups excluding carboxylic acids is 1. The van der Waals surface area contributed by atoms with Gasteiger partial charge in [-0.15, -0.1) is 23.7 Å². The van der Waals surface area contributed by atoms with Gasteiger partial charge in [-0.3, -0.25) is 9.69 Å². The molecule has 0 spiro atoms. The van der Waals surface area contributed by atoms with Crippen molar-refractivity contribution in [2.75, 3.05) is 31.5 Å². The molecule has 1 aliphatic heterocycles. The average Bonchev–Trinajstić information content (AvgIpc) is 3.23. The molecule has 1 fully saturated rings. The molecule has 0 bridgehead atoms. The number of benzene rings is 1. The summed E-state index contributed by atoms with van der Waals surface area (Å²) in [6.07, 6.45) is 1.73. The predicted molar refractivity (Wildman–Crippen MR) is 114 cm³/mol. The van der Waals surface area contributed by atoms with E-state index in [4.69, 9.17) is 0 Å². The Morgan fingerprint density at radius 3 is 2.60 bits per heavy atom. The number of nitrogens with zero attached hydrogens (tertiary/aromatic N) is 4. The number of hydrogen-bond donors (Lipinski definition) is 1. The molecular weight excluding hydrogens is 432 g/mol. The van der Waals surface area contributed by atoms with Crippen molar-refractivity contribution in [2.24, 2.45) is 0 Å². The Labute approximate surface area is 183 Å². The number of anilines is 2. The molecule has 6 nitrogen and oxygen atoms in total. The van der Waals surface area contributed by atoms with Gasteiger partial charge in [-0.05, 0) is 24.3 Å². The molecule has 158 valence electrons. The first kappa shape index (κ1) is 22.1. The highest BCUT2D eigenvalue weighted by Crippen LogP contribution is 2.18. The van der Waals surface area contributed by atoms with Crippen molar-refractivity contribution in [2.45, 2.75) is 6.54 Å². The van der Waals surface area contributed by atoms with E-state index < -0.39 is 17.5 Å². The van der Waals surface area contributed by atoms with Gasteiger partial charge < -0.3 is 10.2 Å².